The first kappa shape index (κ1) is 14.8. The summed E-state index contributed by atoms with van der Waals surface area (Å²) in [6.45, 7) is 3.78. The van der Waals surface area contributed by atoms with Crippen LogP contribution >= 0.6 is 11.6 Å². The van der Waals surface area contributed by atoms with Crippen LogP contribution in [0.25, 0.3) is 0 Å². The summed E-state index contributed by atoms with van der Waals surface area (Å²) in [5.41, 5.74) is -0.452. The minimum Gasteiger partial charge on any atom is -0.342 e. The van der Waals surface area contributed by atoms with Gasteiger partial charge in [-0.25, -0.2) is 4.39 Å². The number of carbonyl (C=O) groups excluding carboxylic acids is 2. The highest BCUT2D eigenvalue weighted by atomic mass is 35.5. The number of hydrogen-bond donors (Lipinski definition) is 1. The smallest absolute Gasteiger partial charge is 0.252 e. The van der Waals surface area contributed by atoms with Gasteiger partial charge in [0.25, 0.3) is 5.91 Å². The SMILES string of the molecule is CCC1(C)NC(=O)CCN(c2ccc(F)c(Cl)c2)C1=O. The predicted molar refractivity (Wildman–Crippen MR) is 75.2 cm³/mol. The Morgan fingerprint density at radius 3 is 2.75 bits per heavy atom. The summed E-state index contributed by atoms with van der Waals surface area (Å²) in [6.07, 6.45) is 0.680. The second-order valence-electron chi connectivity index (χ2n) is 5.04. The van der Waals surface area contributed by atoms with Gasteiger partial charge in [-0.2, -0.15) is 0 Å². The number of nitrogens with one attached hydrogen (secondary N) is 1. The van der Waals surface area contributed by atoms with Crippen molar-refractivity contribution in [3.05, 3.63) is 29.0 Å². The van der Waals surface area contributed by atoms with E-state index in [9.17, 15) is 14.0 Å². The molecule has 0 aliphatic carbocycles. The fourth-order valence-corrected chi connectivity index (χ4v) is 2.35. The molecule has 1 saturated heterocycles. The highest BCUT2D eigenvalue weighted by Crippen LogP contribution is 2.27. The van der Waals surface area contributed by atoms with Crippen molar-refractivity contribution in [1.82, 2.24) is 5.32 Å². The third-order valence-electron chi connectivity index (χ3n) is 3.62. The van der Waals surface area contributed by atoms with Crippen LogP contribution < -0.4 is 10.2 Å². The maximum absolute atomic E-state index is 13.2. The Bertz CT molecular complexity index is 564. The van der Waals surface area contributed by atoms with Crippen molar-refractivity contribution >= 4 is 29.1 Å². The zero-order valence-corrected chi connectivity index (χ0v) is 12.1. The lowest BCUT2D eigenvalue weighted by Gasteiger charge is -2.31. The van der Waals surface area contributed by atoms with Gasteiger partial charge in [-0.1, -0.05) is 18.5 Å². The second kappa shape index (κ2) is 5.40. The number of hydrogen-bond acceptors (Lipinski definition) is 2. The molecular formula is C14H16ClFN2O2. The number of carbonyl (C=O) groups is 2. The van der Waals surface area contributed by atoms with Gasteiger partial charge >= 0.3 is 0 Å². The summed E-state index contributed by atoms with van der Waals surface area (Å²) in [4.78, 5) is 25.8. The normalized spacial score (nSPS) is 23.5. The third-order valence-corrected chi connectivity index (χ3v) is 3.91. The average Bonchev–Trinajstić information content (AvgIpc) is 2.52. The minimum atomic E-state index is -0.950. The first-order chi connectivity index (χ1) is 9.37. The molecule has 0 saturated carbocycles. The van der Waals surface area contributed by atoms with Crippen molar-refractivity contribution in [2.45, 2.75) is 32.2 Å². The quantitative estimate of drug-likeness (QED) is 0.912. The molecule has 1 N–H and O–H groups in total. The van der Waals surface area contributed by atoms with Gasteiger partial charge in [-0.15, -0.1) is 0 Å². The summed E-state index contributed by atoms with van der Waals surface area (Å²) in [6, 6.07) is 4.11. The van der Waals surface area contributed by atoms with E-state index in [0.29, 0.717) is 12.1 Å². The van der Waals surface area contributed by atoms with Crippen LogP contribution in [0, 0.1) is 5.82 Å². The number of benzene rings is 1. The van der Waals surface area contributed by atoms with Gasteiger partial charge in [0.1, 0.15) is 11.4 Å². The fourth-order valence-electron chi connectivity index (χ4n) is 2.18. The zero-order chi connectivity index (χ0) is 14.9. The van der Waals surface area contributed by atoms with Crippen LogP contribution in [0.3, 0.4) is 0 Å². The molecule has 6 heteroatoms. The summed E-state index contributed by atoms with van der Waals surface area (Å²) < 4.78 is 13.2. The van der Waals surface area contributed by atoms with Gasteiger partial charge in [0.2, 0.25) is 5.91 Å². The van der Waals surface area contributed by atoms with Crippen LogP contribution in [0.2, 0.25) is 5.02 Å². The molecule has 108 valence electrons. The van der Waals surface area contributed by atoms with Gasteiger partial charge in [0.05, 0.1) is 5.02 Å². The molecule has 1 aliphatic rings. The standard InChI is InChI=1S/C14H16ClFN2O2/c1-3-14(2)13(20)18(7-6-12(19)17-14)9-4-5-11(16)10(15)8-9/h4-5,8H,3,6-7H2,1-2H3,(H,17,19). The van der Waals surface area contributed by atoms with Crippen LogP contribution in [0.1, 0.15) is 26.7 Å². The molecule has 20 heavy (non-hydrogen) atoms. The first-order valence-corrected chi connectivity index (χ1v) is 6.83. The van der Waals surface area contributed by atoms with Gasteiger partial charge in [0.15, 0.2) is 0 Å². The van der Waals surface area contributed by atoms with E-state index >= 15 is 0 Å². The highest BCUT2D eigenvalue weighted by molar-refractivity contribution is 6.31. The monoisotopic (exact) mass is 298 g/mol. The topological polar surface area (TPSA) is 49.4 Å². The predicted octanol–water partition coefficient (Wildman–Crippen LogP) is 2.50. The van der Waals surface area contributed by atoms with E-state index in [4.69, 9.17) is 11.6 Å². The molecule has 1 atom stereocenters. The number of anilines is 1. The van der Waals surface area contributed by atoms with Gasteiger partial charge in [-0.3, -0.25) is 9.59 Å². The molecule has 4 nitrogen and oxygen atoms in total. The summed E-state index contributed by atoms with van der Waals surface area (Å²) >= 11 is 5.76. The third kappa shape index (κ3) is 2.63. The van der Waals surface area contributed by atoms with Crippen LogP contribution in [0.4, 0.5) is 10.1 Å². The molecule has 1 aromatic carbocycles. The number of nitrogens with zero attached hydrogens (tertiary/aromatic N) is 1. The van der Waals surface area contributed by atoms with Gasteiger partial charge in [0, 0.05) is 18.7 Å². The molecular weight excluding hydrogens is 283 g/mol. The van der Waals surface area contributed by atoms with Crippen molar-refractivity contribution in [3.8, 4) is 0 Å². The number of amides is 2. The number of rotatable bonds is 2. The Kier molecular flexibility index (Phi) is 3.99. The van der Waals surface area contributed by atoms with Crippen molar-refractivity contribution in [1.29, 1.82) is 0 Å². The Labute approximate surface area is 121 Å². The molecule has 1 aliphatic heterocycles. The lowest BCUT2D eigenvalue weighted by Crippen LogP contribution is -2.54. The molecule has 0 spiro atoms. The van der Waals surface area contributed by atoms with E-state index in [1.54, 1.807) is 6.92 Å². The molecule has 2 amide bonds. The maximum atomic E-state index is 13.2. The van der Waals surface area contributed by atoms with E-state index in [-0.39, 0.29) is 29.8 Å². The van der Waals surface area contributed by atoms with E-state index in [2.05, 4.69) is 5.32 Å². The van der Waals surface area contributed by atoms with Crippen molar-refractivity contribution in [2.75, 3.05) is 11.4 Å². The van der Waals surface area contributed by atoms with Crippen LogP contribution in [-0.4, -0.2) is 23.9 Å². The van der Waals surface area contributed by atoms with E-state index < -0.39 is 11.4 Å². The Balaban J connectivity index is 2.41. The molecule has 1 fully saturated rings. The largest absolute Gasteiger partial charge is 0.342 e. The van der Waals surface area contributed by atoms with E-state index in [1.807, 2.05) is 6.92 Å². The Morgan fingerprint density at radius 1 is 1.45 bits per heavy atom. The average molecular weight is 299 g/mol. The number of halogens is 2. The summed E-state index contributed by atoms with van der Waals surface area (Å²) in [7, 11) is 0. The molecule has 1 heterocycles. The van der Waals surface area contributed by atoms with Crippen LogP contribution in [-0.2, 0) is 9.59 Å². The van der Waals surface area contributed by atoms with Crippen molar-refractivity contribution < 1.29 is 14.0 Å². The summed E-state index contributed by atoms with van der Waals surface area (Å²) in [5, 5.41) is 2.70. The molecule has 1 unspecified atom stereocenters. The second-order valence-corrected chi connectivity index (χ2v) is 5.45. The fraction of sp³-hybridized carbons (Fsp3) is 0.429. The lowest BCUT2D eigenvalue weighted by molar-refractivity contribution is -0.129. The first-order valence-electron chi connectivity index (χ1n) is 6.45. The Morgan fingerprint density at radius 2 is 2.15 bits per heavy atom. The zero-order valence-electron chi connectivity index (χ0n) is 11.4. The van der Waals surface area contributed by atoms with Crippen molar-refractivity contribution in [2.24, 2.45) is 0 Å². The van der Waals surface area contributed by atoms with Gasteiger partial charge < -0.3 is 10.2 Å². The molecule has 1 aromatic rings. The molecule has 0 bridgehead atoms. The van der Waals surface area contributed by atoms with Gasteiger partial charge in [-0.05, 0) is 31.5 Å². The van der Waals surface area contributed by atoms with E-state index in [0.717, 1.165) is 0 Å². The van der Waals surface area contributed by atoms with E-state index in [1.165, 1.54) is 23.1 Å². The van der Waals surface area contributed by atoms with Crippen LogP contribution in [0.5, 0.6) is 0 Å². The minimum absolute atomic E-state index is 0.0444. The molecule has 0 aromatic heterocycles. The highest BCUT2D eigenvalue weighted by Gasteiger charge is 2.39. The molecule has 2 rings (SSSR count). The molecule has 0 radical (unpaired) electrons. The Hall–Kier alpha value is -1.62. The van der Waals surface area contributed by atoms with Crippen LogP contribution in [0.15, 0.2) is 18.2 Å². The lowest BCUT2D eigenvalue weighted by atomic mass is 9.97. The summed E-state index contributed by atoms with van der Waals surface area (Å²) in [5.74, 6) is -0.919. The van der Waals surface area contributed by atoms with Crippen molar-refractivity contribution in [3.63, 3.8) is 0 Å². The maximum Gasteiger partial charge on any atom is 0.252 e.